The Kier molecular flexibility index (Phi) is 2.75. The van der Waals surface area contributed by atoms with Crippen molar-refractivity contribution in [3.05, 3.63) is 39.9 Å². The molecule has 2 aromatic rings. The molecule has 5 nitrogen and oxygen atoms in total. The van der Waals surface area contributed by atoms with Gasteiger partial charge in [0.1, 0.15) is 5.69 Å². The normalized spacial score (nSPS) is 11.1. The second kappa shape index (κ2) is 4.08. The second-order valence-electron chi connectivity index (χ2n) is 4.43. The summed E-state index contributed by atoms with van der Waals surface area (Å²) in [4.78, 5) is 16.1. The van der Waals surface area contributed by atoms with Gasteiger partial charge in [-0.2, -0.15) is 4.68 Å². The Morgan fingerprint density at radius 1 is 1.47 bits per heavy atom. The zero-order valence-electron chi connectivity index (χ0n) is 10.2. The Morgan fingerprint density at radius 2 is 2.18 bits per heavy atom. The lowest BCUT2D eigenvalue weighted by molar-refractivity contribution is 0.748. The van der Waals surface area contributed by atoms with E-state index in [2.05, 4.69) is 10.1 Å². The number of pyridine rings is 1. The van der Waals surface area contributed by atoms with E-state index in [4.69, 9.17) is 5.73 Å². The van der Waals surface area contributed by atoms with Crippen LogP contribution in [0.1, 0.15) is 31.0 Å². The lowest BCUT2D eigenvalue weighted by Gasteiger charge is -2.03. The van der Waals surface area contributed by atoms with Crippen LogP contribution in [-0.4, -0.2) is 14.8 Å². The van der Waals surface area contributed by atoms with Gasteiger partial charge < -0.3 is 5.73 Å². The summed E-state index contributed by atoms with van der Waals surface area (Å²) in [6.07, 6.45) is 1.67. The van der Waals surface area contributed by atoms with Crippen molar-refractivity contribution in [3.63, 3.8) is 0 Å². The topological polar surface area (TPSA) is 76.7 Å². The van der Waals surface area contributed by atoms with Crippen LogP contribution in [-0.2, 0) is 0 Å². The molecule has 0 atom stereocenters. The fourth-order valence-electron chi connectivity index (χ4n) is 1.71. The third-order valence-corrected chi connectivity index (χ3v) is 2.66. The molecular weight excluding hydrogens is 216 g/mol. The molecule has 2 rings (SSSR count). The molecule has 0 bridgehead atoms. The van der Waals surface area contributed by atoms with E-state index in [0.717, 1.165) is 11.3 Å². The summed E-state index contributed by atoms with van der Waals surface area (Å²) in [5, 5.41) is 3.01. The highest BCUT2D eigenvalue weighted by Gasteiger charge is 2.15. The van der Waals surface area contributed by atoms with E-state index >= 15 is 0 Å². The number of rotatable bonds is 2. The Hall–Kier alpha value is -2.04. The van der Waals surface area contributed by atoms with Crippen LogP contribution in [0.5, 0.6) is 0 Å². The van der Waals surface area contributed by atoms with E-state index in [0.29, 0.717) is 5.82 Å². The monoisotopic (exact) mass is 232 g/mol. The van der Waals surface area contributed by atoms with Crippen molar-refractivity contribution >= 4 is 5.69 Å². The number of hydrogen-bond acceptors (Lipinski definition) is 3. The molecule has 0 aromatic carbocycles. The van der Waals surface area contributed by atoms with Gasteiger partial charge in [-0.05, 0) is 30.5 Å². The SMILES string of the molecule is Cc1ccnc(-n2[nH]c(C(C)C)c(N)c2=O)c1. The van der Waals surface area contributed by atoms with E-state index in [1.165, 1.54) is 4.68 Å². The molecule has 2 heterocycles. The molecule has 0 radical (unpaired) electrons. The number of aromatic nitrogens is 3. The van der Waals surface area contributed by atoms with Gasteiger partial charge >= 0.3 is 0 Å². The van der Waals surface area contributed by atoms with Crippen molar-refractivity contribution < 1.29 is 0 Å². The summed E-state index contributed by atoms with van der Waals surface area (Å²) in [5.74, 6) is 0.738. The van der Waals surface area contributed by atoms with Crippen molar-refractivity contribution in [1.82, 2.24) is 14.8 Å². The Labute approximate surface area is 99.3 Å². The molecule has 0 saturated heterocycles. The highest BCUT2D eigenvalue weighted by Crippen LogP contribution is 2.17. The summed E-state index contributed by atoms with van der Waals surface area (Å²) >= 11 is 0. The summed E-state index contributed by atoms with van der Waals surface area (Å²) in [5.41, 5.74) is 7.60. The van der Waals surface area contributed by atoms with Gasteiger partial charge in [0.25, 0.3) is 5.56 Å². The van der Waals surface area contributed by atoms with Gasteiger partial charge in [-0.15, -0.1) is 0 Å². The third-order valence-electron chi connectivity index (χ3n) is 2.66. The summed E-state index contributed by atoms with van der Waals surface area (Å²) < 4.78 is 1.39. The molecule has 0 saturated carbocycles. The third kappa shape index (κ3) is 1.95. The van der Waals surface area contributed by atoms with Crippen molar-refractivity contribution in [3.8, 4) is 5.82 Å². The van der Waals surface area contributed by atoms with Crippen molar-refractivity contribution in [1.29, 1.82) is 0 Å². The van der Waals surface area contributed by atoms with Gasteiger partial charge in [0.2, 0.25) is 0 Å². The maximum atomic E-state index is 12.0. The van der Waals surface area contributed by atoms with E-state index in [1.54, 1.807) is 6.20 Å². The van der Waals surface area contributed by atoms with Gasteiger partial charge in [0.05, 0.1) is 5.69 Å². The molecule has 90 valence electrons. The van der Waals surface area contributed by atoms with Crippen LogP contribution in [0.4, 0.5) is 5.69 Å². The minimum absolute atomic E-state index is 0.175. The molecule has 0 aliphatic heterocycles. The molecule has 0 unspecified atom stereocenters. The molecule has 17 heavy (non-hydrogen) atoms. The Balaban J connectivity index is 2.61. The zero-order valence-corrected chi connectivity index (χ0v) is 10.2. The highest BCUT2D eigenvalue weighted by atomic mass is 16.1. The number of H-pyrrole nitrogens is 1. The highest BCUT2D eigenvalue weighted by molar-refractivity contribution is 5.44. The van der Waals surface area contributed by atoms with Crippen molar-refractivity contribution in [2.45, 2.75) is 26.7 Å². The molecule has 0 aliphatic carbocycles. The standard InChI is InChI=1S/C12H16N4O/c1-7(2)11-10(13)12(17)16(15-11)9-6-8(3)4-5-14-9/h4-7,15H,13H2,1-3H3. The first-order valence-electron chi connectivity index (χ1n) is 5.54. The number of nitrogens with zero attached hydrogens (tertiary/aromatic N) is 2. The largest absolute Gasteiger partial charge is 0.393 e. The van der Waals surface area contributed by atoms with Crippen LogP contribution >= 0.6 is 0 Å². The first-order valence-corrected chi connectivity index (χ1v) is 5.54. The molecule has 3 N–H and O–H groups in total. The summed E-state index contributed by atoms with van der Waals surface area (Å²) in [6, 6.07) is 3.71. The lowest BCUT2D eigenvalue weighted by atomic mass is 10.1. The first kappa shape index (κ1) is 11.4. The minimum Gasteiger partial charge on any atom is -0.393 e. The second-order valence-corrected chi connectivity index (χ2v) is 4.43. The minimum atomic E-state index is -0.244. The number of nitrogens with two attached hydrogens (primary N) is 1. The van der Waals surface area contributed by atoms with E-state index in [9.17, 15) is 4.79 Å². The predicted molar refractivity (Wildman–Crippen MR) is 67.4 cm³/mol. The molecule has 0 aliphatic rings. The van der Waals surface area contributed by atoms with E-state index in [-0.39, 0.29) is 17.2 Å². The smallest absolute Gasteiger partial charge is 0.296 e. The Bertz CT molecular complexity index is 595. The predicted octanol–water partition coefficient (Wildman–Crippen LogP) is 1.57. The van der Waals surface area contributed by atoms with Crippen LogP contribution in [0.3, 0.4) is 0 Å². The molecule has 0 fully saturated rings. The molecule has 2 aromatic heterocycles. The van der Waals surface area contributed by atoms with Crippen molar-refractivity contribution in [2.75, 3.05) is 5.73 Å². The van der Waals surface area contributed by atoms with Crippen LogP contribution in [0.2, 0.25) is 0 Å². The summed E-state index contributed by atoms with van der Waals surface area (Å²) in [6.45, 7) is 5.91. The number of nitrogen functional groups attached to an aromatic ring is 1. The van der Waals surface area contributed by atoms with Crippen LogP contribution < -0.4 is 11.3 Å². The molecule has 0 amide bonds. The fourth-order valence-corrected chi connectivity index (χ4v) is 1.71. The van der Waals surface area contributed by atoms with Crippen LogP contribution in [0, 0.1) is 6.92 Å². The van der Waals surface area contributed by atoms with E-state index in [1.807, 2.05) is 32.9 Å². The van der Waals surface area contributed by atoms with E-state index < -0.39 is 0 Å². The zero-order chi connectivity index (χ0) is 12.6. The fraction of sp³-hybridized carbons (Fsp3) is 0.333. The molecule has 0 spiro atoms. The number of aryl methyl sites for hydroxylation is 1. The van der Waals surface area contributed by atoms with Crippen LogP contribution in [0.15, 0.2) is 23.1 Å². The van der Waals surface area contributed by atoms with Crippen LogP contribution in [0.25, 0.3) is 5.82 Å². The summed E-state index contributed by atoms with van der Waals surface area (Å²) in [7, 11) is 0. The van der Waals surface area contributed by atoms with Gasteiger partial charge in [-0.3, -0.25) is 9.89 Å². The lowest BCUT2D eigenvalue weighted by Crippen LogP contribution is -2.17. The van der Waals surface area contributed by atoms with Gasteiger partial charge in [-0.25, -0.2) is 4.98 Å². The van der Waals surface area contributed by atoms with Crippen molar-refractivity contribution in [2.24, 2.45) is 0 Å². The molecule has 5 heteroatoms. The molecular formula is C12H16N4O. The first-order chi connectivity index (χ1) is 8.00. The maximum absolute atomic E-state index is 12.0. The number of aromatic amines is 1. The number of hydrogen-bond donors (Lipinski definition) is 2. The quantitative estimate of drug-likeness (QED) is 0.825. The average molecular weight is 232 g/mol. The number of anilines is 1. The maximum Gasteiger partial charge on any atom is 0.296 e. The van der Waals surface area contributed by atoms with Gasteiger partial charge in [0, 0.05) is 6.20 Å². The number of nitrogens with one attached hydrogen (secondary N) is 1. The average Bonchev–Trinajstić information content (AvgIpc) is 2.56. The Morgan fingerprint density at radius 3 is 2.71 bits per heavy atom. The van der Waals surface area contributed by atoms with Gasteiger partial charge in [-0.1, -0.05) is 13.8 Å². The van der Waals surface area contributed by atoms with Gasteiger partial charge in [0.15, 0.2) is 5.82 Å².